The van der Waals surface area contributed by atoms with Crippen molar-refractivity contribution in [1.29, 1.82) is 0 Å². The van der Waals surface area contributed by atoms with Crippen molar-refractivity contribution < 1.29 is 9.59 Å². The van der Waals surface area contributed by atoms with E-state index in [0.717, 1.165) is 51.0 Å². The first-order valence-electron chi connectivity index (χ1n) is 14.0. The number of nitrogens with one attached hydrogen (secondary N) is 1. The summed E-state index contributed by atoms with van der Waals surface area (Å²) >= 11 is 0. The predicted octanol–water partition coefficient (Wildman–Crippen LogP) is 1.25. The molecule has 2 fully saturated rings. The van der Waals surface area contributed by atoms with E-state index in [9.17, 15) is 14.4 Å². The zero-order valence-corrected chi connectivity index (χ0v) is 23.1. The van der Waals surface area contributed by atoms with Gasteiger partial charge in [0.15, 0.2) is 0 Å². The number of benzene rings is 1. The number of urea groups is 1. The molecule has 5 N–H and O–H groups in total. The van der Waals surface area contributed by atoms with Crippen LogP contribution in [-0.4, -0.2) is 94.1 Å². The highest BCUT2D eigenvalue weighted by molar-refractivity contribution is 5.88. The number of likely N-dealkylation sites (tertiary alicyclic amines) is 1. The summed E-state index contributed by atoms with van der Waals surface area (Å²) in [5.74, 6) is 0.153. The molecule has 11 heteroatoms. The van der Waals surface area contributed by atoms with Crippen LogP contribution >= 0.6 is 0 Å². The van der Waals surface area contributed by atoms with Crippen molar-refractivity contribution in [2.24, 2.45) is 17.4 Å². The number of carbonyl (C=O) groups is 2. The van der Waals surface area contributed by atoms with Crippen LogP contribution in [0.4, 0.5) is 10.6 Å². The molecular weight excluding hydrogens is 496 g/mol. The summed E-state index contributed by atoms with van der Waals surface area (Å²) in [5.41, 5.74) is 13.5. The Balaban J connectivity index is 1.28. The second-order valence-electron chi connectivity index (χ2n) is 10.9. The molecular formula is C28H42N8O3. The van der Waals surface area contributed by atoms with Gasteiger partial charge in [-0.3, -0.25) is 14.7 Å². The van der Waals surface area contributed by atoms with E-state index < -0.39 is 11.7 Å². The SMILES string of the molecule is CC(C)C(N)C(=O)N1CCN(C(=O)Nc2ccn(-c3ccc(CCN4CCCC(N)CC4)cc3)c(=O)n2)CC1. The third-order valence-corrected chi connectivity index (χ3v) is 7.72. The predicted molar refractivity (Wildman–Crippen MR) is 152 cm³/mol. The van der Waals surface area contributed by atoms with Gasteiger partial charge in [-0.1, -0.05) is 26.0 Å². The Bertz CT molecular complexity index is 1170. The number of piperazine rings is 1. The monoisotopic (exact) mass is 538 g/mol. The lowest BCUT2D eigenvalue weighted by atomic mass is 10.0. The van der Waals surface area contributed by atoms with E-state index in [-0.39, 0.29) is 23.7 Å². The van der Waals surface area contributed by atoms with E-state index in [1.807, 2.05) is 38.1 Å². The molecule has 1 aromatic carbocycles. The Morgan fingerprint density at radius 3 is 2.36 bits per heavy atom. The molecule has 2 saturated heterocycles. The summed E-state index contributed by atoms with van der Waals surface area (Å²) in [6, 6.07) is 8.96. The molecule has 0 bridgehead atoms. The van der Waals surface area contributed by atoms with E-state index in [0.29, 0.717) is 32.2 Å². The zero-order valence-electron chi connectivity index (χ0n) is 23.1. The van der Waals surface area contributed by atoms with Crippen LogP contribution in [-0.2, 0) is 11.2 Å². The maximum Gasteiger partial charge on any atom is 0.354 e. The first kappa shape index (κ1) is 28.7. The van der Waals surface area contributed by atoms with Gasteiger partial charge in [-0.05, 0) is 68.5 Å². The molecule has 4 rings (SSSR count). The summed E-state index contributed by atoms with van der Waals surface area (Å²) in [4.78, 5) is 47.8. The van der Waals surface area contributed by atoms with E-state index in [1.54, 1.807) is 22.1 Å². The minimum atomic E-state index is -0.540. The van der Waals surface area contributed by atoms with Crippen molar-refractivity contribution >= 4 is 17.8 Å². The molecule has 39 heavy (non-hydrogen) atoms. The smallest absolute Gasteiger partial charge is 0.338 e. The van der Waals surface area contributed by atoms with E-state index >= 15 is 0 Å². The first-order chi connectivity index (χ1) is 18.7. The third-order valence-electron chi connectivity index (χ3n) is 7.72. The van der Waals surface area contributed by atoms with Crippen LogP contribution in [0.5, 0.6) is 0 Å². The Hall–Kier alpha value is -3.28. The van der Waals surface area contributed by atoms with Gasteiger partial charge in [-0.25, -0.2) is 9.59 Å². The highest BCUT2D eigenvalue weighted by Crippen LogP contribution is 2.14. The molecule has 2 atom stereocenters. The number of hydrogen-bond acceptors (Lipinski definition) is 7. The number of nitrogens with two attached hydrogens (primary N) is 2. The molecule has 2 aliphatic heterocycles. The number of aromatic nitrogens is 2. The summed E-state index contributed by atoms with van der Waals surface area (Å²) in [6.07, 6.45) is 5.86. The minimum absolute atomic E-state index is 0.0550. The van der Waals surface area contributed by atoms with Crippen LogP contribution in [0, 0.1) is 5.92 Å². The standard InChI is InChI=1S/C28H42N8O3/c1-20(2)25(30)26(37)34-16-18-35(19-17-34)27(38)31-24-11-15-36(28(39)32-24)23-7-5-21(6-8-23)9-13-33-12-3-4-22(29)10-14-33/h5-8,11,15,20,22,25H,3-4,9-10,12-14,16-19,29-30H2,1-2H3,(H,31,32,38,39). The second kappa shape index (κ2) is 13.2. The lowest BCUT2D eigenvalue weighted by Gasteiger charge is -2.36. The lowest BCUT2D eigenvalue weighted by molar-refractivity contribution is -0.134. The van der Waals surface area contributed by atoms with Crippen LogP contribution in [0.3, 0.4) is 0 Å². The van der Waals surface area contributed by atoms with Gasteiger partial charge in [0.05, 0.1) is 11.7 Å². The molecule has 0 spiro atoms. The minimum Gasteiger partial charge on any atom is -0.338 e. The highest BCUT2D eigenvalue weighted by Gasteiger charge is 2.28. The fourth-order valence-electron chi connectivity index (χ4n) is 5.00. The van der Waals surface area contributed by atoms with Crippen molar-refractivity contribution in [3.63, 3.8) is 0 Å². The number of carbonyl (C=O) groups excluding carboxylic acids is 2. The number of anilines is 1. The Labute approximate surface area is 230 Å². The fraction of sp³-hybridized carbons (Fsp3) is 0.571. The summed E-state index contributed by atoms with van der Waals surface area (Å²) in [7, 11) is 0. The van der Waals surface area contributed by atoms with Crippen molar-refractivity contribution in [1.82, 2.24) is 24.3 Å². The Morgan fingerprint density at radius 2 is 1.69 bits per heavy atom. The van der Waals surface area contributed by atoms with Crippen LogP contribution < -0.4 is 22.5 Å². The summed E-state index contributed by atoms with van der Waals surface area (Å²) in [5, 5.41) is 2.70. The second-order valence-corrected chi connectivity index (χ2v) is 10.9. The van der Waals surface area contributed by atoms with Gasteiger partial charge >= 0.3 is 11.7 Å². The summed E-state index contributed by atoms with van der Waals surface area (Å²) < 4.78 is 1.46. The number of nitrogens with zero attached hydrogens (tertiary/aromatic N) is 5. The molecule has 11 nitrogen and oxygen atoms in total. The molecule has 2 aliphatic rings. The molecule has 2 aromatic rings. The van der Waals surface area contributed by atoms with Gasteiger partial charge < -0.3 is 26.2 Å². The zero-order chi connectivity index (χ0) is 27.9. The fourth-order valence-corrected chi connectivity index (χ4v) is 5.00. The topological polar surface area (TPSA) is 143 Å². The van der Waals surface area contributed by atoms with Crippen molar-refractivity contribution in [3.8, 4) is 5.69 Å². The largest absolute Gasteiger partial charge is 0.354 e. The molecule has 0 saturated carbocycles. The lowest BCUT2D eigenvalue weighted by Crippen LogP contribution is -2.56. The van der Waals surface area contributed by atoms with Crippen LogP contribution in [0.25, 0.3) is 5.69 Å². The van der Waals surface area contributed by atoms with Crippen LogP contribution in [0.1, 0.15) is 38.7 Å². The molecule has 212 valence electrons. The Kier molecular flexibility index (Phi) is 9.71. The normalized spacial score (nSPS) is 19.6. The van der Waals surface area contributed by atoms with Crippen LogP contribution in [0.2, 0.25) is 0 Å². The van der Waals surface area contributed by atoms with Gasteiger partial charge in [0.1, 0.15) is 5.82 Å². The molecule has 3 heterocycles. The molecule has 2 unspecified atom stereocenters. The van der Waals surface area contributed by atoms with Crippen molar-refractivity contribution in [3.05, 3.63) is 52.6 Å². The molecule has 0 radical (unpaired) electrons. The van der Waals surface area contributed by atoms with Crippen LogP contribution in [0.15, 0.2) is 41.3 Å². The van der Waals surface area contributed by atoms with E-state index in [2.05, 4.69) is 15.2 Å². The van der Waals surface area contributed by atoms with Crippen molar-refractivity contribution in [2.75, 3.05) is 51.1 Å². The Morgan fingerprint density at radius 1 is 1.00 bits per heavy atom. The van der Waals surface area contributed by atoms with E-state index in [4.69, 9.17) is 11.5 Å². The van der Waals surface area contributed by atoms with E-state index in [1.165, 1.54) is 10.1 Å². The highest BCUT2D eigenvalue weighted by atomic mass is 16.2. The number of hydrogen-bond donors (Lipinski definition) is 3. The quantitative estimate of drug-likeness (QED) is 0.481. The van der Waals surface area contributed by atoms with Gasteiger partial charge in [0.2, 0.25) is 5.91 Å². The van der Waals surface area contributed by atoms with Crippen molar-refractivity contribution in [2.45, 2.75) is 51.6 Å². The van der Waals surface area contributed by atoms with Gasteiger partial charge in [0.25, 0.3) is 0 Å². The maximum atomic E-state index is 12.7. The average Bonchev–Trinajstić information content (AvgIpc) is 3.15. The molecule has 0 aliphatic carbocycles. The third kappa shape index (κ3) is 7.65. The maximum absolute atomic E-state index is 12.7. The summed E-state index contributed by atoms with van der Waals surface area (Å²) in [6.45, 7) is 8.58. The first-order valence-corrected chi connectivity index (χ1v) is 14.0. The van der Waals surface area contributed by atoms with Gasteiger partial charge in [-0.2, -0.15) is 4.98 Å². The van der Waals surface area contributed by atoms with Gasteiger partial charge in [0, 0.05) is 45.0 Å². The van der Waals surface area contributed by atoms with Gasteiger partial charge in [-0.15, -0.1) is 0 Å². The number of amides is 3. The molecule has 3 amide bonds. The number of rotatable bonds is 7. The average molecular weight is 539 g/mol. The molecule has 1 aromatic heterocycles.